The number of nitrogens with zero attached hydrogens (tertiary/aromatic N) is 3. The van der Waals surface area contributed by atoms with Gasteiger partial charge in [0.15, 0.2) is 11.9 Å². The minimum Gasteiger partial charge on any atom is -0.481 e. The van der Waals surface area contributed by atoms with Crippen LogP contribution < -0.4 is 92.1 Å². The summed E-state index contributed by atoms with van der Waals surface area (Å²) in [5.41, 5.74) is 26.5. The number of aliphatic imine (C=N–C) groups is 2. The van der Waals surface area contributed by atoms with Gasteiger partial charge in [-0.15, -0.1) is 0 Å². The van der Waals surface area contributed by atoms with Crippen molar-refractivity contribution in [3.63, 3.8) is 0 Å². The van der Waals surface area contributed by atoms with Crippen molar-refractivity contribution < 1.29 is 106 Å². The molecule has 4 aromatic carbocycles. The molecule has 3 heterocycles. The minimum atomic E-state index is -1.64. The number of ether oxygens (including phenoxy) is 3. The number of guanidine groups is 2. The molecular formula is C95H133N23O22. The number of imidazole rings is 1. The number of hydrogen-bond acceptors (Lipinski definition) is 22. The highest BCUT2D eigenvalue weighted by Crippen LogP contribution is 2.23. The van der Waals surface area contributed by atoms with Crippen LogP contribution in [0.25, 0.3) is 21.8 Å². The second-order valence-corrected chi connectivity index (χ2v) is 33.4. The van der Waals surface area contributed by atoms with Gasteiger partial charge in [-0.25, -0.2) is 9.78 Å². The first-order valence-electron chi connectivity index (χ1n) is 46.8. The molecule has 7 aromatic rings. The summed E-state index contributed by atoms with van der Waals surface area (Å²) in [5.74, 6) is -14.7. The van der Waals surface area contributed by atoms with Crippen molar-refractivity contribution in [2.75, 3.05) is 65.8 Å². The SMILES string of the molecule is CCCC[C@H](NC(C)=O)C(=O)N[C@@H](CCC(=O)O)C(=O)N[C@H](Cc1ccccc1)C(=O)N[C@@H](CCCN=C(N)N)C(=O)N[C@@H](Cc1c[nH]c2ccccc12)C(=O)NCCCOCCOCCOCCNC(=O)CCC(=O)N[C@@H](CCCC)C(=O)N[C@@H](CCC(=O)O)C(=O)N[C@@H](Cc1c[nH]cn1)C(=O)N[C@H](Cc1ccccc1)C(=O)N[C@@H](CCCN=C(N)N)C(=O)N[C@@H](Cc1c[nH]c2ccccc12)C(=O)O. The Labute approximate surface area is 809 Å². The molecule has 27 N–H and O–H groups in total. The summed E-state index contributed by atoms with van der Waals surface area (Å²) in [4.78, 5) is 241. The maximum atomic E-state index is 14.8. The molecule has 7 rings (SSSR count). The normalized spacial score (nSPS) is 13.4. The monoisotopic (exact) mass is 1950 g/mol. The maximum Gasteiger partial charge on any atom is 0.326 e. The van der Waals surface area contributed by atoms with Gasteiger partial charge in [0, 0.05) is 138 Å². The molecule has 45 nitrogen and oxygen atoms in total. The van der Waals surface area contributed by atoms with E-state index in [1.165, 1.54) is 19.4 Å². The Balaban J connectivity index is 0.875. The van der Waals surface area contributed by atoms with Crippen molar-refractivity contribution in [3.05, 3.63) is 162 Å². The number of carbonyl (C=O) groups is 16. The standard InChI is InChI=1S/C95H133N23O22/c1-4-6-27-68(108-58(3)119)84(127)112-72(33-37-81(122)123)88(131)114-74(49-59-21-10-8-11-22-59)90(133)110-70(31-18-39-103-94(96)97)86(129)116-76(51-61-54-105-66-29-16-14-25-64(61)66)83(126)102-41-20-43-138-45-47-140-48-46-139-44-42-101-79(120)35-36-80(121)109-69(28-7-5-2)85(128)113-73(34-38-82(124)125)89(132)117-77(53-63-56-100-57-107-63)92(135)115-75(50-60-23-12-9-13-24-60)91(134)111-71(32-19-40-104-95(98)99)87(130)118-78(93(136)137)52-62-55-106-67-30-17-15-26-65(62)67/h8-17,21-26,29-30,54-57,68-78,105-106H,4-7,18-20,27-28,31-53H2,1-3H3,(H,100,107)(H,101,120)(H,102,126)(H,108,119)(H,109,121)(H,110,133)(H,111,134)(H,112,127)(H,113,128)(H,114,131)(H,115,135)(H,116,129)(H,117,132)(H,118,130)(H,122,123)(H,124,125)(H,136,137)(H4,96,97,103)(H4,98,99,104)/t68-,69-,70-,71-,72-,73-,74+,75+,76-,77-,78-/m0/s1. The van der Waals surface area contributed by atoms with E-state index in [2.05, 4.69) is 99.0 Å². The summed E-state index contributed by atoms with van der Waals surface area (Å²) in [6, 6.07) is 16.1. The van der Waals surface area contributed by atoms with Crippen LogP contribution in [0, 0.1) is 0 Å². The van der Waals surface area contributed by atoms with Crippen LogP contribution in [0.4, 0.5) is 0 Å². The van der Waals surface area contributed by atoms with Crippen LogP contribution in [0.2, 0.25) is 0 Å². The van der Waals surface area contributed by atoms with Gasteiger partial charge < -0.3 is 137 Å². The fourth-order valence-electron chi connectivity index (χ4n) is 15.0. The molecule has 0 bridgehead atoms. The van der Waals surface area contributed by atoms with Crippen molar-refractivity contribution in [1.82, 2.24) is 89.1 Å². The number of fused-ring (bicyclic) bond motifs is 2. The number of H-pyrrole nitrogens is 3. The van der Waals surface area contributed by atoms with E-state index >= 15 is 0 Å². The Morgan fingerprint density at radius 2 is 0.721 bits per heavy atom. The van der Waals surface area contributed by atoms with Crippen LogP contribution in [0.15, 0.2) is 144 Å². The number of rotatable bonds is 68. The quantitative estimate of drug-likeness (QED) is 0.0135. The largest absolute Gasteiger partial charge is 0.481 e. The molecule has 0 fully saturated rings. The van der Waals surface area contributed by atoms with Gasteiger partial charge in [0.05, 0.1) is 45.1 Å². The van der Waals surface area contributed by atoms with E-state index in [0.717, 1.165) is 21.8 Å². The predicted molar refractivity (Wildman–Crippen MR) is 516 cm³/mol. The number of carboxylic acids is 3. The number of para-hydroxylation sites is 2. The van der Waals surface area contributed by atoms with Crippen molar-refractivity contribution in [2.45, 2.75) is 228 Å². The Bertz CT molecular complexity index is 5240. The van der Waals surface area contributed by atoms with Gasteiger partial charge in [0.2, 0.25) is 76.8 Å². The molecule has 0 radical (unpaired) electrons. The van der Waals surface area contributed by atoms with Crippen LogP contribution in [-0.2, 0) is 123 Å². The lowest BCUT2D eigenvalue weighted by atomic mass is 10.0. The number of nitrogens with one attached hydrogen (secondary N) is 16. The summed E-state index contributed by atoms with van der Waals surface area (Å²) < 4.78 is 17.0. The summed E-state index contributed by atoms with van der Waals surface area (Å²) >= 11 is 0. The molecule has 760 valence electrons. The first kappa shape index (κ1) is 112. The molecule has 0 aliphatic heterocycles. The number of unbranched alkanes of at least 4 members (excludes halogenated alkanes) is 2. The first-order valence-corrected chi connectivity index (χ1v) is 46.8. The lowest BCUT2D eigenvalue weighted by molar-refractivity contribution is -0.142. The number of amides is 13. The molecule has 45 heteroatoms. The zero-order valence-corrected chi connectivity index (χ0v) is 78.9. The van der Waals surface area contributed by atoms with Crippen LogP contribution in [-0.4, -0.2) is 274 Å². The van der Waals surface area contributed by atoms with E-state index in [4.69, 9.17) is 37.1 Å². The summed E-state index contributed by atoms with van der Waals surface area (Å²) in [5, 5.41) is 66.0. The van der Waals surface area contributed by atoms with Gasteiger partial charge in [-0.05, 0) is 92.2 Å². The lowest BCUT2D eigenvalue weighted by Crippen LogP contribution is -2.60. The van der Waals surface area contributed by atoms with Gasteiger partial charge >= 0.3 is 17.9 Å². The molecule has 13 amide bonds. The second kappa shape index (κ2) is 61.3. The summed E-state index contributed by atoms with van der Waals surface area (Å²) in [6.45, 7) is 6.01. The van der Waals surface area contributed by atoms with Crippen LogP contribution in [0.1, 0.15) is 158 Å². The molecule has 3 aromatic heterocycles. The third-order valence-corrected chi connectivity index (χ3v) is 22.3. The molecule has 0 saturated carbocycles. The van der Waals surface area contributed by atoms with Crippen molar-refractivity contribution >= 4 is 128 Å². The number of aliphatic carboxylic acids is 3. The number of aromatic amines is 3. The maximum absolute atomic E-state index is 14.8. The molecular weight excluding hydrogens is 1820 g/mol. The first-order chi connectivity index (χ1) is 67.3. The molecule has 0 spiro atoms. The van der Waals surface area contributed by atoms with Gasteiger partial charge in [0.25, 0.3) is 0 Å². The van der Waals surface area contributed by atoms with E-state index < -0.39 is 180 Å². The van der Waals surface area contributed by atoms with Crippen LogP contribution >= 0.6 is 0 Å². The third kappa shape index (κ3) is 41.6. The Morgan fingerprint density at radius 3 is 1.14 bits per heavy atom. The Hall–Kier alpha value is -14.9. The second-order valence-electron chi connectivity index (χ2n) is 33.4. The van der Waals surface area contributed by atoms with Crippen molar-refractivity contribution in [3.8, 4) is 0 Å². The molecule has 0 aliphatic rings. The average molecular weight is 1950 g/mol. The lowest BCUT2D eigenvalue weighted by Gasteiger charge is -2.27. The minimum absolute atomic E-state index is 0.0104. The van der Waals surface area contributed by atoms with Crippen LogP contribution in [0.3, 0.4) is 0 Å². The van der Waals surface area contributed by atoms with Gasteiger partial charge in [-0.3, -0.25) is 81.9 Å². The molecule has 140 heavy (non-hydrogen) atoms. The molecule has 0 aliphatic carbocycles. The van der Waals surface area contributed by atoms with Gasteiger partial charge in [0.1, 0.15) is 66.5 Å². The number of aromatic nitrogens is 4. The smallest absolute Gasteiger partial charge is 0.326 e. The third-order valence-electron chi connectivity index (χ3n) is 22.3. The van der Waals surface area contributed by atoms with Crippen molar-refractivity contribution in [2.24, 2.45) is 32.9 Å². The van der Waals surface area contributed by atoms with E-state index in [1.807, 2.05) is 44.2 Å². The van der Waals surface area contributed by atoms with Crippen molar-refractivity contribution in [1.29, 1.82) is 0 Å². The number of carboxylic acid groups (broad SMARTS) is 3. The van der Waals surface area contributed by atoms with E-state index in [-0.39, 0.29) is 173 Å². The Kier molecular flexibility index (Phi) is 49.1. The zero-order chi connectivity index (χ0) is 102. The van der Waals surface area contributed by atoms with E-state index in [0.29, 0.717) is 54.4 Å². The number of nitrogens with two attached hydrogens (primary N) is 4. The summed E-state index contributed by atoms with van der Waals surface area (Å²) in [7, 11) is 0. The fourth-order valence-corrected chi connectivity index (χ4v) is 15.0. The van der Waals surface area contributed by atoms with E-state index in [9.17, 15) is 92.0 Å². The van der Waals surface area contributed by atoms with E-state index in [1.54, 1.807) is 91.3 Å². The average Bonchev–Trinajstić information content (AvgIpc) is 1.68. The topological polar surface area (TPSA) is 707 Å². The number of benzene rings is 4. The summed E-state index contributed by atoms with van der Waals surface area (Å²) in [6.07, 6.45) is 5.40. The van der Waals surface area contributed by atoms with Gasteiger partial charge in [-0.1, -0.05) is 137 Å². The highest BCUT2D eigenvalue weighted by atomic mass is 16.5. The Morgan fingerprint density at radius 1 is 0.357 bits per heavy atom. The highest BCUT2D eigenvalue weighted by Gasteiger charge is 2.38. The molecule has 0 saturated heterocycles. The number of carbonyl (C=O) groups excluding carboxylic acids is 13. The van der Waals surface area contributed by atoms with Crippen LogP contribution in [0.5, 0.6) is 0 Å². The van der Waals surface area contributed by atoms with Gasteiger partial charge in [-0.2, -0.15) is 0 Å². The number of hydrogen-bond donors (Lipinski definition) is 23. The zero-order valence-electron chi connectivity index (χ0n) is 78.9. The highest BCUT2D eigenvalue weighted by molar-refractivity contribution is 6.00. The fraction of sp³-hybridized carbons (Fsp3) is 0.484. The molecule has 11 atom stereocenters. The molecule has 0 unspecified atom stereocenters. The predicted octanol–water partition coefficient (Wildman–Crippen LogP) is -0.00740.